The lowest BCUT2D eigenvalue weighted by Crippen LogP contribution is -1.90. The number of aromatic nitrogens is 2. The fourth-order valence-corrected chi connectivity index (χ4v) is 1.63. The topological polar surface area (TPSA) is 65.9 Å². The van der Waals surface area contributed by atoms with E-state index in [-0.39, 0.29) is 4.90 Å². The summed E-state index contributed by atoms with van der Waals surface area (Å²) < 4.78 is 21.5. The molecule has 0 spiro atoms. The van der Waals surface area contributed by atoms with E-state index in [1.165, 1.54) is 6.07 Å². The lowest BCUT2D eigenvalue weighted by molar-refractivity contribution is 0.537. The molecule has 1 atom stereocenters. The third kappa shape index (κ3) is 2.26. The van der Waals surface area contributed by atoms with E-state index < -0.39 is 11.1 Å². The first-order valence-corrected chi connectivity index (χ1v) is 5.32. The second-order valence-electron chi connectivity index (χ2n) is 2.87. The van der Waals surface area contributed by atoms with Crippen molar-refractivity contribution in [2.45, 2.75) is 4.90 Å². The van der Waals surface area contributed by atoms with E-state index >= 15 is 0 Å². The van der Waals surface area contributed by atoms with Crippen LogP contribution in [0, 0.1) is 0 Å². The molecule has 0 saturated carbocycles. The summed E-state index contributed by atoms with van der Waals surface area (Å²) in [5.41, 5.74) is 1.40. The predicted molar refractivity (Wildman–Crippen MR) is 54.7 cm³/mol. The maximum absolute atomic E-state index is 10.7. The first kappa shape index (κ1) is 9.95. The number of hydrogen-bond donors (Lipinski definition) is 0. The molecule has 0 aliphatic rings. The van der Waals surface area contributed by atoms with Crippen LogP contribution < -0.4 is 0 Å². The third-order valence-electron chi connectivity index (χ3n) is 1.89. The molecule has 1 unspecified atom stereocenters. The molecule has 0 aliphatic carbocycles. The van der Waals surface area contributed by atoms with Crippen LogP contribution in [0.25, 0.3) is 11.3 Å². The number of nitrogens with zero attached hydrogens (tertiary/aromatic N) is 2. The predicted octanol–water partition coefficient (Wildman–Crippen LogP) is 1.38. The zero-order valence-corrected chi connectivity index (χ0v) is 8.48. The minimum atomic E-state index is -2.21. The first-order chi connectivity index (χ1) is 7.27. The molecule has 2 rings (SSSR count). The first-order valence-electron chi connectivity index (χ1n) is 4.25. The molecule has 0 radical (unpaired) electrons. The van der Waals surface area contributed by atoms with Gasteiger partial charge in [-0.2, -0.15) is 10.2 Å². The Hall–Kier alpha value is -1.59. The monoisotopic (exact) mass is 219 g/mol. The minimum absolute atomic E-state index is 0.248. The van der Waals surface area contributed by atoms with Crippen molar-refractivity contribution in [1.29, 1.82) is 0 Å². The van der Waals surface area contributed by atoms with Crippen molar-refractivity contribution < 1.29 is 8.76 Å². The van der Waals surface area contributed by atoms with Crippen LogP contribution in [0.4, 0.5) is 0 Å². The Labute approximate surface area is 89.3 Å². The van der Waals surface area contributed by atoms with Crippen molar-refractivity contribution in [3.8, 4) is 11.3 Å². The van der Waals surface area contributed by atoms with Gasteiger partial charge < -0.3 is 4.55 Å². The molecule has 15 heavy (non-hydrogen) atoms. The highest BCUT2D eigenvalue weighted by molar-refractivity contribution is 7.79. The van der Waals surface area contributed by atoms with Gasteiger partial charge in [-0.1, -0.05) is 12.1 Å². The van der Waals surface area contributed by atoms with Gasteiger partial charge in [0.2, 0.25) is 0 Å². The molecule has 0 aliphatic heterocycles. The Morgan fingerprint density at radius 2 is 2.07 bits per heavy atom. The second-order valence-corrected chi connectivity index (χ2v) is 3.81. The second kappa shape index (κ2) is 4.29. The normalized spacial score (nSPS) is 12.3. The molecule has 1 aromatic heterocycles. The molecule has 0 fully saturated rings. The summed E-state index contributed by atoms with van der Waals surface area (Å²) in [6.07, 6.45) is 1.57. The lowest BCUT2D eigenvalue weighted by Gasteiger charge is -2.06. The number of benzene rings is 1. The SMILES string of the molecule is O=S([O-])c1cccc(-c2cccnn2)c1. The van der Waals surface area contributed by atoms with E-state index in [1.807, 2.05) is 0 Å². The fourth-order valence-electron chi connectivity index (χ4n) is 1.21. The van der Waals surface area contributed by atoms with Gasteiger partial charge in [-0.05, 0) is 35.3 Å². The highest BCUT2D eigenvalue weighted by atomic mass is 32.2. The maximum atomic E-state index is 10.7. The molecule has 0 bridgehead atoms. The quantitative estimate of drug-likeness (QED) is 0.716. The van der Waals surface area contributed by atoms with E-state index in [9.17, 15) is 8.76 Å². The zero-order valence-electron chi connectivity index (χ0n) is 7.66. The van der Waals surface area contributed by atoms with Crippen LogP contribution in [0.5, 0.6) is 0 Å². The molecule has 5 heteroatoms. The van der Waals surface area contributed by atoms with Gasteiger partial charge in [0.25, 0.3) is 0 Å². The highest BCUT2D eigenvalue weighted by Crippen LogP contribution is 2.18. The van der Waals surface area contributed by atoms with Gasteiger partial charge in [0.15, 0.2) is 0 Å². The van der Waals surface area contributed by atoms with Crippen LogP contribution in [-0.2, 0) is 11.1 Å². The molecule has 4 nitrogen and oxygen atoms in total. The zero-order chi connectivity index (χ0) is 10.7. The average Bonchev–Trinajstić information content (AvgIpc) is 2.30. The van der Waals surface area contributed by atoms with Gasteiger partial charge in [0.05, 0.1) is 5.69 Å². The Bertz CT molecular complexity index is 488. The Balaban J connectivity index is 2.46. The van der Waals surface area contributed by atoms with Crippen molar-refractivity contribution in [1.82, 2.24) is 10.2 Å². The smallest absolute Gasteiger partial charge is 0.0930 e. The van der Waals surface area contributed by atoms with E-state index in [4.69, 9.17) is 0 Å². The van der Waals surface area contributed by atoms with Gasteiger partial charge in [-0.3, -0.25) is 4.21 Å². The van der Waals surface area contributed by atoms with E-state index in [0.717, 1.165) is 5.56 Å². The molecule has 1 aromatic carbocycles. The highest BCUT2D eigenvalue weighted by Gasteiger charge is 2.00. The minimum Gasteiger partial charge on any atom is -0.768 e. The van der Waals surface area contributed by atoms with Crippen molar-refractivity contribution in [2.75, 3.05) is 0 Å². The van der Waals surface area contributed by atoms with Crippen LogP contribution in [0.15, 0.2) is 47.5 Å². The van der Waals surface area contributed by atoms with Gasteiger partial charge >= 0.3 is 0 Å². The Morgan fingerprint density at radius 1 is 1.20 bits per heavy atom. The number of hydrogen-bond acceptors (Lipinski definition) is 4. The standard InChI is InChI=1S/C10H8N2O2S/c13-15(14)9-4-1-3-8(7-9)10-5-2-6-11-12-10/h1-7H,(H,13,14)/p-1. The van der Waals surface area contributed by atoms with Crippen molar-refractivity contribution in [3.05, 3.63) is 42.6 Å². The summed E-state index contributed by atoms with van der Waals surface area (Å²) in [4.78, 5) is 0.248. The third-order valence-corrected chi connectivity index (χ3v) is 2.53. The molecule has 0 saturated heterocycles. The summed E-state index contributed by atoms with van der Waals surface area (Å²) in [5, 5.41) is 7.63. The van der Waals surface area contributed by atoms with Gasteiger partial charge in [0.1, 0.15) is 0 Å². The molecular formula is C10H7N2O2S-. The van der Waals surface area contributed by atoms with E-state index in [0.29, 0.717) is 5.69 Å². The summed E-state index contributed by atoms with van der Waals surface area (Å²) in [6.45, 7) is 0. The largest absolute Gasteiger partial charge is 0.768 e. The summed E-state index contributed by atoms with van der Waals surface area (Å²) in [6, 6.07) is 10.1. The van der Waals surface area contributed by atoms with Crippen LogP contribution in [0.1, 0.15) is 0 Å². The Kier molecular flexibility index (Phi) is 2.84. The summed E-state index contributed by atoms with van der Waals surface area (Å²) in [5.74, 6) is 0. The fraction of sp³-hybridized carbons (Fsp3) is 0. The van der Waals surface area contributed by atoms with Crippen molar-refractivity contribution in [2.24, 2.45) is 0 Å². The lowest BCUT2D eigenvalue weighted by atomic mass is 10.1. The van der Waals surface area contributed by atoms with Crippen LogP contribution in [0.2, 0.25) is 0 Å². The number of rotatable bonds is 2. The Morgan fingerprint density at radius 3 is 2.73 bits per heavy atom. The molecule has 2 aromatic rings. The molecular weight excluding hydrogens is 212 g/mol. The van der Waals surface area contributed by atoms with E-state index in [2.05, 4.69) is 10.2 Å². The maximum Gasteiger partial charge on any atom is 0.0930 e. The van der Waals surface area contributed by atoms with Crippen molar-refractivity contribution >= 4 is 11.1 Å². The van der Waals surface area contributed by atoms with Crippen LogP contribution >= 0.6 is 0 Å². The summed E-state index contributed by atoms with van der Waals surface area (Å²) >= 11 is -2.21. The van der Waals surface area contributed by atoms with Crippen molar-refractivity contribution in [3.63, 3.8) is 0 Å². The van der Waals surface area contributed by atoms with Crippen LogP contribution in [0.3, 0.4) is 0 Å². The van der Waals surface area contributed by atoms with Gasteiger partial charge in [-0.25, -0.2) is 0 Å². The molecule has 76 valence electrons. The summed E-state index contributed by atoms with van der Waals surface area (Å²) in [7, 11) is 0. The van der Waals surface area contributed by atoms with Gasteiger partial charge in [0, 0.05) is 16.7 Å². The van der Waals surface area contributed by atoms with Gasteiger partial charge in [-0.15, -0.1) is 0 Å². The van der Waals surface area contributed by atoms with Crippen LogP contribution in [-0.4, -0.2) is 19.0 Å². The average molecular weight is 219 g/mol. The molecule has 0 amide bonds. The van der Waals surface area contributed by atoms with E-state index in [1.54, 1.807) is 36.5 Å². The molecule has 1 heterocycles. The molecule has 0 N–H and O–H groups in total.